The molecule has 1 fully saturated rings. The highest BCUT2D eigenvalue weighted by Crippen LogP contribution is 2.37. The fourth-order valence-corrected chi connectivity index (χ4v) is 4.49. The van der Waals surface area contributed by atoms with Gasteiger partial charge in [-0.15, -0.1) is 0 Å². The van der Waals surface area contributed by atoms with Crippen LogP contribution in [0.25, 0.3) is 0 Å². The van der Waals surface area contributed by atoms with E-state index in [1.54, 1.807) is 16.4 Å². The lowest BCUT2D eigenvalue weighted by atomic mass is 10.2. The monoisotopic (exact) mass is 347 g/mol. The maximum Gasteiger partial charge on any atom is 0.247 e. The molecule has 0 N–H and O–H groups in total. The minimum absolute atomic E-state index is 0.0473. The Morgan fingerprint density at radius 1 is 1.04 bits per heavy atom. The van der Waals surface area contributed by atoms with Crippen LogP contribution in [0.1, 0.15) is 18.4 Å². The van der Waals surface area contributed by atoms with Gasteiger partial charge in [-0.05, 0) is 30.5 Å². The molecular formula is C18H21NO4S. The molecule has 0 radical (unpaired) electrons. The minimum Gasteiger partial charge on any atom is -0.497 e. The van der Waals surface area contributed by atoms with Crippen LogP contribution in [0, 0.1) is 0 Å². The number of hydrogen-bond acceptors (Lipinski definition) is 4. The van der Waals surface area contributed by atoms with Gasteiger partial charge in [-0.3, -0.25) is 0 Å². The summed E-state index contributed by atoms with van der Waals surface area (Å²) in [5.74, 6) is 0.819. The van der Waals surface area contributed by atoms with E-state index in [0.717, 1.165) is 18.4 Å². The van der Waals surface area contributed by atoms with E-state index in [1.165, 1.54) is 20.3 Å². The van der Waals surface area contributed by atoms with E-state index in [-0.39, 0.29) is 10.9 Å². The van der Waals surface area contributed by atoms with Crippen molar-refractivity contribution >= 4 is 10.0 Å². The molecule has 2 aromatic carbocycles. The predicted octanol–water partition coefficient (Wildman–Crippen LogP) is 3.06. The second-order valence-electron chi connectivity index (χ2n) is 5.78. The van der Waals surface area contributed by atoms with Crippen LogP contribution in [0.3, 0.4) is 0 Å². The predicted molar refractivity (Wildman–Crippen MR) is 91.7 cm³/mol. The van der Waals surface area contributed by atoms with Crippen molar-refractivity contribution in [2.24, 2.45) is 0 Å². The lowest BCUT2D eigenvalue weighted by Gasteiger charge is -2.23. The van der Waals surface area contributed by atoms with Crippen molar-refractivity contribution in [1.82, 2.24) is 4.31 Å². The lowest BCUT2D eigenvalue weighted by Crippen LogP contribution is -2.33. The molecule has 0 aliphatic heterocycles. The molecule has 0 atom stereocenters. The summed E-state index contributed by atoms with van der Waals surface area (Å²) in [5, 5.41) is 0. The average Bonchev–Trinajstić information content (AvgIpc) is 3.44. The van der Waals surface area contributed by atoms with Gasteiger partial charge < -0.3 is 9.47 Å². The number of ether oxygens (including phenoxy) is 2. The summed E-state index contributed by atoms with van der Waals surface area (Å²) in [6.45, 7) is 0.355. The van der Waals surface area contributed by atoms with E-state index in [9.17, 15) is 8.42 Å². The average molecular weight is 347 g/mol. The van der Waals surface area contributed by atoms with Crippen LogP contribution in [-0.4, -0.2) is 33.0 Å². The second kappa shape index (κ2) is 6.83. The Labute approximate surface area is 142 Å². The highest BCUT2D eigenvalue weighted by molar-refractivity contribution is 7.89. The highest BCUT2D eigenvalue weighted by atomic mass is 32.2. The Kier molecular flexibility index (Phi) is 4.78. The van der Waals surface area contributed by atoms with Crippen molar-refractivity contribution in [3.63, 3.8) is 0 Å². The van der Waals surface area contributed by atoms with Gasteiger partial charge in [0.25, 0.3) is 0 Å². The number of benzene rings is 2. The largest absolute Gasteiger partial charge is 0.497 e. The first-order chi connectivity index (χ1) is 11.6. The van der Waals surface area contributed by atoms with Crippen molar-refractivity contribution < 1.29 is 17.9 Å². The standard InChI is InChI=1S/C18H21NO4S/c1-22-16-10-11-17(23-2)18(12-16)24(20,21)19(15-8-9-15)13-14-6-4-3-5-7-14/h3-7,10-12,15H,8-9,13H2,1-2H3. The smallest absolute Gasteiger partial charge is 0.247 e. The molecule has 1 aliphatic carbocycles. The summed E-state index contributed by atoms with van der Waals surface area (Å²) < 4.78 is 38.5. The van der Waals surface area contributed by atoms with Gasteiger partial charge in [-0.1, -0.05) is 30.3 Å². The minimum atomic E-state index is -3.68. The number of rotatable bonds is 7. The van der Waals surface area contributed by atoms with Gasteiger partial charge in [0, 0.05) is 18.7 Å². The summed E-state index contributed by atoms with van der Waals surface area (Å²) in [5.41, 5.74) is 0.967. The van der Waals surface area contributed by atoms with Crippen LogP contribution < -0.4 is 9.47 Å². The van der Waals surface area contributed by atoms with Crippen molar-refractivity contribution in [3.8, 4) is 11.5 Å². The topological polar surface area (TPSA) is 55.8 Å². The SMILES string of the molecule is COc1ccc(OC)c(S(=O)(=O)N(Cc2ccccc2)C2CC2)c1. The molecule has 1 aliphatic rings. The number of methoxy groups -OCH3 is 2. The van der Waals surface area contributed by atoms with Crippen molar-refractivity contribution in [1.29, 1.82) is 0 Å². The zero-order valence-corrected chi connectivity index (χ0v) is 14.6. The molecule has 1 saturated carbocycles. The van der Waals surface area contributed by atoms with Crippen LogP contribution >= 0.6 is 0 Å². The van der Waals surface area contributed by atoms with Crippen molar-refractivity contribution in [2.45, 2.75) is 30.3 Å². The zero-order chi connectivity index (χ0) is 17.2. The first kappa shape index (κ1) is 16.8. The van der Waals surface area contributed by atoms with Gasteiger partial charge in [0.2, 0.25) is 10.0 Å². The lowest BCUT2D eigenvalue weighted by molar-refractivity contribution is 0.376. The summed E-state index contributed by atoms with van der Waals surface area (Å²) >= 11 is 0. The maximum atomic E-state index is 13.3. The molecule has 5 nitrogen and oxygen atoms in total. The molecule has 0 amide bonds. The van der Waals surface area contributed by atoms with E-state index < -0.39 is 10.0 Å². The summed E-state index contributed by atoms with van der Waals surface area (Å²) in [4.78, 5) is 0.146. The molecule has 0 aromatic heterocycles. The van der Waals surface area contributed by atoms with Crippen molar-refractivity contribution in [3.05, 3.63) is 54.1 Å². The quantitative estimate of drug-likeness (QED) is 0.772. The second-order valence-corrected chi connectivity index (χ2v) is 7.64. The molecule has 2 aromatic rings. The summed E-state index contributed by atoms with van der Waals surface area (Å²) in [6, 6.07) is 14.5. The van der Waals surface area contributed by atoms with Gasteiger partial charge in [0.1, 0.15) is 16.4 Å². The first-order valence-electron chi connectivity index (χ1n) is 7.84. The third-order valence-electron chi connectivity index (χ3n) is 4.09. The van der Waals surface area contributed by atoms with Crippen LogP contribution in [0.5, 0.6) is 11.5 Å². The van der Waals surface area contributed by atoms with Crippen LogP contribution in [0.2, 0.25) is 0 Å². The third-order valence-corrected chi connectivity index (χ3v) is 6.01. The van der Waals surface area contributed by atoms with E-state index >= 15 is 0 Å². The molecule has 0 bridgehead atoms. The molecular weight excluding hydrogens is 326 g/mol. The normalized spacial score (nSPS) is 14.6. The summed E-state index contributed by atoms with van der Waals surface area (Å²) in [6.07, 6.45) is 1.77. The molecule has 3 rings (SSSR count). The van der Waals surface area contributed by atoms with Gasteiger partial charge in [-0.25, -0.2) is 8.42 Å². The molecule has 0 unspecified atom stereocenters. The fraction of sp³-hybridized carbons (Fsp3) is 0.333. The van der Waals surface area contributed by atoms with E-state index in [2.05, 4.69) is 0 Å². The Morgan fingerprint density at radius 2 is 1.75 bits per heavy atom. The zero-order valence-electron chi connectivity index (χ0n) is 13.8. The van der Waals surface area contributed by atoms with Crippen LogP contribution in [0.4, 0.5) is 0 Å². The molecule has 128 valence electrons. The Hall–Kier alpha value is -2.05. The molecule has 0 saturated heterocycles. The molecule has 24 heavy (non-hydrogen) atoms. The van der Waals surface area contributed by atoms with E-state index in [1.807, 2.05) is 30.3 Å². The van der Waals surface area contributed by atoms with Crippen molar-refractivity contribution in [2.75, 3.05) is 14.2 Å². The van der Waals surface area contributed by atoms with Crippen LogP contribution in [0.15, 0.2) is 53.4 Å². The van der Waals surface area contributed by atoms with Gasteiger partial charge >= 0.3 is 0 Å². The van der Waals surface area contributed by atoms with E-state index in [4.69, 9.17) is 9.47 Å². The van der Waals surface area contributed by atoms with Gasteiger partial charge in [-0.2, -0.15) is 4.31 Å². The highest BCUT2D eigenvalue weighted by Gasteiger charge is 2.39. The van der Waals surface area contributed by atoms with Crippen LogP contribution in [-0.2, 0) is 16.6 Å². The first-order valence-corrected chi connectivity index (χ1v) is 9.28. The number of sulfonamides is 1. The molecule has 6 heteroatoms. The van der Waals surface area contributed by atoms with Gasteiger partial charge in [0.15, 0.2) is 0 Å². The maximum absolute atomic E-state index is 13.3. The van der Waals surface area contributed by atoms with Gasteiger partial charge in [0.05, 0.1) is 14.2 Å². The Balaban J connectivity index is 2.00. The Morgan fingerprint density at radius 3 is 2.33 bits per heavy atom. The third kappa shape index (κ3) is 3.39. The fourth-order valence-electron chi connectivity index (χ4n) is 2.65. The van der Waals surface area contributed by atoms with E-state index in [0.29, 0.717) is 18.0 Å². The molecule has 0 heterocycles. The number of hydrogen-bond donors (Lipinski definition) is 0. The summed E-state index contributed by atoms with van der Waals surface area (Å²) in [7, 11) is -0.697. The molecule has 0 spiro atoms. The number of nitrogens with zero attached hydrogens (tertiary/aromatic N) is 1. The Bertz CT molecular complexity index is 801.